The zero-order valence-corrected chi connectivity index (χ0v) is 12.2. The summed E-state index contributed by atoms with van der Waals surface area (Å²) in [5.41, 5.74) is 11.8. The van der Waals surface area contributed by atoms with Crippen LogP contribution in [0.2, 0.25) is 0 Å². The molecular weight excluding hydrogens is 238 g/mol. The molecule has 2 aromatic rings. The lowest BCUT2D eigenvalue weighted by Crippen LogP contribution is -2.12. The third kappa shape index (κ3) is 2.50. The number of hydrogen-bond acceptors (Lipinski definition) is 2. The summed E-state index contributed by atoms with van der Waals surface area (Å²) in [6.45, 7) is 6.55. The number of benzene rings is 1. The van der Waals surface area contributed by atoms with E-state index in [-0.39, 0.29) is 6.04 Å². The molecule has 0 aliphatic rings. The van der Waals surface area contributed by atoms with Crippen LogP contribution in [0.5, 0.6) is 0 Å². The summed E-state index contributed by atoms with van der Waals surface area (Å²) < 4.78 is 0. The molecule has 0 bridgehead atoms. The fourth-order valence-electron chi connectivity index (χ4n) is 2.37. The minimum Gasteiger partial charge on any atom is -0.320 e. The Kier molecular flexibility index (Phi) is 4.20. The summed E-state index contributed by atoms with van der Waals surface area (Å²) in [5.74, 6) is 0. The highest BCUT2D eigenvalue weighted by molar-refractivity contribution is 7.10. The van der Waals surface area contributed by atoms with Gasteiger partial charge in [0.2, 0.25) is 0 Å². The maximum absolute atomic E-state index is 6.39. The van der Waals surface area contributed by atoms with Gasteiger partial charge in [0.05, 0.1) is 6.04 Å². The van der Waals surface area contributed by atoms with Crippen LogP contribution in [-0.2, 0) is 12.8 Å². The number of thiophene rings is 1. The topological polar surface area (TPSA) is 26.0 Å². The van der Waals surface area contributed by atoms with E-state index in [1.807, 2.05) is 0 Å². The van der Waals surface area contributed by atoms with Gasteiger partial charge < -0.3 is 5.73 Å². The van der Waals surface area contributed by atoms with Crippen LogP contribution in [0.15, 0.2) is 29.6 Å². The lowest BCUT2D eigenvalue weighted by molar-refractivity contribution is 0.876. The number of rotatable bonds is 4. The summed E-state index contributed by atoms with van der Waals surface area (Å²) in [5, 5.41) is 2.12. The first-order chi connectivity index (χ1) is 8.67. The smallest absolute Gasteiger partial charge is 0.0648 e. The molecule has 96 valence electrons. The van der Waals surface area contributed by atoms with E-state index in [2.05, 4.69) is 50.4 Å². The molecule has 1 aromatic heterocycles. The molecule has 1 unspecified atom stereocenters. The summed E-state index contributed by atoms with van der Waals surface area (Å²) in [7, 11) is 0. The average molecular weight is 259 g/mol. The van der Waals surface area contributed by atoms with Gasteiger partial charge in [-0.25, -0.2) is 0 Å². The maximum Gasteiger partial charge on any atom is 0.0648 e. The van der Waals surface area contributed by atoms with Crippen molar-refractivity contribution in [3.63, 3.8) is 0 Å². The SMILES string of the molecule is CCc1ccc(C(N)c2sccc2C)cc1CC. The predicted molar refractivity (Wildman–Crippen MR) is 80.3 cm³/mol. The molecule has 0 radical (unpaired) electrons. The summed E-state index contributed by atoms with van der Waals surface area (Å²) in [6, 6.07) is 8.85. The van der Waals surface area contributed by atoms with Crippen molar-refractivity contribution in [2.75, 3.05) is 0 Å². The van der Waals surface area contributed by atoms with Gasteiger partial charge in [-0.2, -0.15) is 0 Å². The quantitative estimate of drug-likeness (QED) is 0.873. The lowest BCUT2D eigenvalue weighted by Gasteiger charge is -2.15. The van der Waals surface area contributed by atoms with E-state index in [1.165, 1.54) is 27.1 Å². The molecule has 2 heteroatoms. The molecule has 0 aliphatic heterocycles. The van der Waals surface area contributed by atoms with E-state index in [9.17, 15) is 0 Å². The number of hydrogen-bond donors (Lipinski definition) is 1. The van der Waals surface area contributed by atoms with Gasteiger partial charge in [0, 0.05) is 4.88 Å². The van der Waals surface area contributed by atoms with Gasteiger partial charge in [-0.3, -0.25) is 0 Å². The Morgan fingerprint density at radius 3 is 2.39 bits per heavy atom. The first kappa shape index (κ1) is 13.3. The highest BCUT2D eigenvalue weighted by Gasteiger charge is 2.13. The van der Waals surface area contributed by atoms with Crippen molar-refractivity contribution >= 4 is 11.3 Å². The van der Waals surface area contributed by atoms with E-state index >= 15 is 0 Å². The Balaban J connectivity index is 2.37. The van der Waals surface area contributed by atoms with Crippen molar-refractivity contribution < 1.29 is 0 Å². The number of aryl methyl sites for hydroxylation is 3. The first-order valence-corrected chi connectivity index (χ1v) is 7.46. The molecule has 0 amide bonds. The predicted octanol–water partition coefficient (Wildman–Crippen LogP) is 4.23. The lowest BCUT2D eigenvalue weighted by atomic mass is 9.96. The largest absolute Gasteiger partial charge is 0.320 e. The average Bonchev–Trinajstić information content (AvgIpc) is 2.83. The molecule has 0 fully saturated rings. The van der Waals surface area contributed by atoms with Crippen molar-refractivity contribution in [2.45, 2.75) is 39.7 Å². The Labute approximate surface area is 114 Å². The fraction of sp³-hybridized carbons (Fsp3) is 0.375. The third-order valence-electron chi connectivity index (χ3n) is 3.54. The van der Waals surface area contributed by atoms with Crippen molar-refractivity contribution in [2.24, 2.45) is 5.73 Å². The fourth-order valence-corrected chi connectivity index (χ4v) is 3.32. The minimum absolute atomic E-state index is 0.0150. The second-order valence-corrected chi connectivity index (χ2v) is 5.63. The van der Waals surface area contributed by atoms with Gasteiger partial charge in [-0.05, 0) is 53.5 Å². The van der Waals surface area contributed by atoms with Crippen molar-refractivity contribution in [3.05, 3.63) is 56.8 Å². The molecule has 1 aromatic carbocycles. The van der Waals surface area contributed by atoms with E-state index in [1.54, 1.807) is 11.3 Å². The van der Waals surface area contributed by atoms with Gasteiger partial charge in [0.25, 0.3) is 0 Å². The maximum atomic E-state index is 6.39. The molecular formula is C16H21NS. The molecule has 0 aliphatic carbocycles. The highest BCUT2D eigenvalue weighted by Crippen LogP contribution is 2.28. The summed E-state index contributed by atoms with van der Waals surface area (Å²) in [6.07, 6.45) is 2.17. The Bertz CT molecular complexity index is 528. The van der Waals surface area contributed by atoms with Crippen LogP contribution < -0.4 is 5.73 Å². The zero-order chi connectivity index (χ0) is 13.1. The summed E-state index contributed by atoms with van der Waals surface area (Å²) in [4.78, 5) is 1.28. The Morgan fingerprint density at radius 1 is 1.11 bits per heavy atom. The minimum atomic E-state index is 0.0150. The molecule has 1 nitrogen and oxygen atoms in total. The molecule has 2 N–H and O–H groups in total. The molecule has 0 spiro atoms. The monoisotopic (exact) mass is 259 g/mol. The highest BCUT2D eigenvalue weighted by atomic mass is 32.1. The summed E-state index contributed by atoms with van der Waals surface area (Å²) >= 11 is 1.75. The Morgan fingerprint density at radius 2 is 1.83 bits per heavy atom. The van der Waals surface area contributed by atoms with Crippen LogP contribution in [0.1, 0.15) is 47.0 Å². The standard InChI is InChI=1S/C16H21NS/c1-4-12-6-7-14(10-13(12)5-2)15(17)16-11(3)8-9-18-16/h6-10,15H,4-5,17H2,1-3H3. The van der Waals surface area contributed by atoms with E-state index in [0.29, 0.717) is 0 Å². The second kappa shape index (κ2) is 5.68. The molecule has 2 rings (SSSR count). The van der Waals surface area contributed by atoms with Crippen LogP contribution in [0.25, 0.3) is 0 Å². The third-order valence-corrected chi connectivity index (χ3v) is 4.64. The molecule has 0 saturated heterocycles. The van der Waals surface area contributed by atoms with Crippen molar-refractivity contribution in [3.8, 4) is 0 Å². The molecule has 1 atom stereocenters. The van der Waals surface area contributed by atoms with Crippen molar-refractivity contribution in [1.29, 1.82) is 0 Å². The van der Waals surface area contributed by atoms with Gasteiger partial charge in [0.1, 0.15) is 0 Å². The van der Waals surface area contributed by atoms with Crippen LogP contribution in [-0.4, -0.2) is 0 Å². The second-order valence-electron chi connectivity index (χ2n) is 4.68. The van der Waals surface area contributed by atoms with Crippen LogP contribution >= 0.6 is 11.3 Å². The molecule has 18 heavy (non-hydrogen) atoms. The van der Waals surface area contributed by atoms with E-state index in [4.69, 9.17) is 5.73 Å². The van der Waals surface area contributed by atoms with Gasteiger partial charge >= 0.3 is 0 Å². The zero-order valence-electron chi connectivity index (χ0n) is 11.4. The number of nitrogens with two attached hydrogens (primary N) is 1. The van der Waals surface area contributed by atoms with Gasteiger partial charge in [-0.1, -0.05) is 32.0 Å². The van der Waals surface area contributed by atoms with E-state index in [0.717, 1.165) is 12.8 Å². The Hall–Kier alpha value is -1.12. The van der Waals surface area contributed by atoms with Gasteiger partial charge in [-0.15, -0.1) is 11.3 Å². The normalized spacial score (nSPS) is 12.7. The van der Waals surface area contributed by atoms with Crippen molar-refractivity contribution in [1.82, 2.24) is 0 Å². The van der Waals surface area contributed by atoms with Crippen LogP contribution in [0, 0.1) is 6.92 Å². The van der Waals surface area contributed by atoms with Gasteiger partial charge in [0.15, 0.2) is 0 Å². The first-order valence-electron chi connectivity index (χ1n) is 6.58. The van der Waals surface area contributed by atoms with Crippen LogP contribution in [0.3, 0.4) is 0 Å². The van der Waals surface area contributed by atoms with E-state index < -0.39 is 0 Å². The molecule has 0 saturated carbocycles. The molecule has 1 heterocycles. The van der Waals surface area contributed by atoms with Crippen LogP contribution in [0.4, 0.5) is 0 Å².